The molecule has 1 amide bonds. The third-order valence-corrected chi connectivity index (χ3v) is 10.6. The van der Waals surface area contributed by atoms with Crippen LogP contribution in [0.1, 0.15) is 25.8 Å². The third kappa shape index (κ3) is 8.65. The zero-order chi connectivity index (χ0) is 35.1. The molecule has 2 aliphatic heterocycles. The molecule has 49 heavy (non-hydrogen) atoms. The van der Waals surface area contributed by atoms with Gasteiger partial charge in [-0.1, -0.05) is 44.2 Å². The monoisotopic (exact) mass is 698 g/mol. The average molecular weight is 699 g/mol. The Morgan fingerprint density at radius 2 is 1.65 bits per heavy atom. The van der Waals surface area contributed by atoms with Gasteiger partial charge in [-0.3, -0.25) is 0 Å². The molecule has 5 rings (SSSR count). The minimum absolute atomic E-state index is 0.0481. The number of hydrogen-bond acceptors (Lipinski definition) is 10. The van der Waals surface area contributed by atoms with Crippen molar-refractivity contribution < 1.29 is 46.7 Å². The number of carbonyl (C=O) groups excluding carboxylic acids is 1. The van der Waals surface area contributed by atoms with Crippen LogP contribution in [-0.4, -0.2) is 96.1 Å². The van der Waals surface area contributed by atoms with E-state index in [2.05, 4.69) is 5.32 Å². The standard InChI is InChI=1S/C36H46N2O10S/c1-23(2)20-38(49(41,42)27-14-12-26(43-3)13-15-27)21-30(39)29(37-36(40)48-33-22-47-35-28(33)16-17-46-35)19-24-8-6-9-25(18-24)34-31(44-4)10-7-11-32(34)45-5/h6-15,18,23,28-30,33,35,39H,16-17,19-22H2,1-5H3,(H,37,40)/t28-,29-,30+,33-,35+/m0/s1. The van der Waals surface area contributed by atoms with Gasteiger partial charge in [0.15, 0.2) is 6.29 Å². The van der Waals surface area contributed by atoms with E-state index in [1.54, 1.807) is 26.4 Å². The van der Waals surface area contributed by atoms with E-state index >= 15 is 0 Å². The summed E-state index contributed by atoms with van der Waals surface area (Å²) in [6.07, 6.45) is -2.08. The Morgan fingerprint density at radius 1 is 0.959 bits per heavy atom. The number of ether oxygens (including phenoxy) is 6. The zero-order valence-electron chi connectivity index (χ0n) is 28.5. The van der Waals surface area contributed by atoms with Gasteiger partial charge in [-0.2, -0.15) is 4.31 Å². The lowest BCUT2D eigenvalue weighted by Crippen LogP contribution is -2.51. The molecule has 2 N–H and O–H groups in total. The molecule has 0 saturated carbocycles. The third-order valence-electron chi connectivity index (χ3n) is 8.77. The summed E-state index contributed by atoms with van der Waals surface area (Å²) in [5.74, 6) is 1.64. The number of sulfonamides is 1. The van der Waals surface area contributed by atoms with Gasteiger partial charge in [0, 0.05) is 13.1 Å². The fraction of sp³-hybridized carbons (Fsp3) is 0.472. The van der Waals surface area contributed by atoms with Crippen LogP contribution in [0.25, 0.3) is 11.1 Å². The largest absolute Gasteiger partial charge is 0.497 e. The summed E-state index contributed by atoms with van der Waals surface area (Å²) in [6.45, 7) is 4.41. The van der Waals surface area contributed by atoms with Crippen molar-refractivity contribution in [3.8, 4) is 28.4 Å². The van der Waals surface area contributed by atoms with Gasteiger partial charge < -0.3 is 38.8 Å². The lowest BCUT2D eigenvalue weighted by molar-refractivity contribution is -0.0907. The molecule has 266 valence electrons. The van der Waals surface area contributed by atoms with Gasteiger partial charge in [0.1, 0.15) is 23.4 Å². The molecule has 13 heteroatoms. The lowest BCUT2D eigenvalue weighted by atomic mass is 9.96. The summed E-state index contributed by atoms with van der Waals surface area (Å²) < 4.78 is 62.4. The van der Waals surface area contributed by atoms with Crippen LogP contribution in [0.3, 0.4) is 0 Å². The number of rotatable bonds is 15. The van der Waals surface area contributed by atoms with Gasteiger partial charge in [-0.15, -0.1) is 0 Å². The van der Waals surface area contributed by atoms with Crippen molar-refractivity contribution in [2.45, 2.75) is 56.1 Å². The number of amides is 1. The van der Waals surface area contributed by atoms with E-state index in [4.69, 9.17) is 28.4 Å². The second-order valence-corrected chi connectivity index (χ2v) is 14.6. The molecule has 3 aromatic carbocycles. The van der Waals surface area contributed by atoms with Crippen LogP contribution in [0.2, 0.25) is 0 Å². The fourth-order valence-corrected chi connectivity index (χ4v) is 7.93. The second-order valence-electron chi connectivity index (χ2n) is 12.6. The molecular weight excluding hydrogens is 652 g/mol. The molecule has 0 aromatic heterocycles. The van der Waals surface area contributed by atoms with Gasteiger partial charge in [-0.25, -0.2) is 13.2 Å². The van der Waals surface area contributed by atoms with E-state index in [0.29, 0.717) is 30.3 Å². The highest BCUT2D eigenvalue weighted by Gasteiger charge is 2.44. The topological polar surface area (TPSA) is 142 Å². The van der Waals surface area contributed by atoms with Crippen LogP contribution < -0.4 is 19.5 Å². The molecule has 5 atom stereocenters. The first-order valence-electron chi connectivity index (χ1n) is 16.4. The van der Waals surface area contributed by atoms with Crippen LogP contribution in [0.4, 0.5) is 4.79 Å². The van der Waals surface area contributed by atoms with Crippen molar-refractivity contribution in [3.05, 3.63) is 72.3 Å². The highest BCUT2D eigenvalue weighted by molar-refractivity contribution is 7.89. The van der Waals surface area contributed by atoms with Gasteiger partial charge in [-0.05, 0) is 66.3 Å². The van der Waals surface area contributed by atoms with Gasteiger partial charge in [0.25, 0.3) is 0 Å². The quantitative estimate of drug-likeness (QED) is 0.233. The Balaban J connectivity index is 1.43. The average Bonchev–Trinajstić information content (AvgIpc) is 3.72. The number of hydrogen-bond donors (Lipinski definition) is 2. The number of nitrogens with zero attached hydrogens (tertiary/aromatic N) is 1. The van der Waals surface area contributed by atoms with Crippen molar-refractivity contribution in [3.63, 3.8) is 0 Å². The zero-order valence-corrected chi connectivity index (χ0v) is 29.4. The first-order valence-corrected chi connectivity index (χ1v) is 17.8. The van der Waals surface area contributed by atoms with Gasteiger partial charge in [0.05, 0.1) is 63.1 Å². The second kappa shape index (κ2) is 16.2. The van der Waals surface area contributed by atoms with E-state index in [0.717, 1.165) is 16.7 Å². The molecule has 2 aliphatic rings. The Morgan fingerprint density at radius 3 is 2.31 bits per heavy atom. The number of benzene rings is 3. The fourth-order valence-electron chi connectivity index (χ4n) is 6.31. The summed E-state index contributed by atoms with van der Waals surface area (Å²) in [5, 5.41) is 14.6. The number of fused-ring (bicyclic) bond motifs is 1. The number of alkyl carbamates (subject to hydrolysis) is 1. The smallest absolute Gasteiger partial charge is 0.407 e. The molecule has 0 bridgehead atoms. The first kappa shape index (κ1) is 36.4. The molecule has 0 spiro atoms. The minimum Gasteiger partial charge on any atom is -0.497 e. The molecule has 0 unspecified atom stereocenters. The SMILES string of the molecule is COc1ccc(S(=O)(=O)N(CC(C)C)C[C@@H](O)[C@H](Cc2cccc(-c3c(OC)cccc3OC)c2)NC(=O)O[C@H]2CO[C@H]3OCC[C@H]32)cc1. The summed E-state index contributed by atoms with van der Waals surface area (Å²) in [5.41, 5.74) is 2.33. The van der Waals surface area contributed by atoms with Crippen LogP contribution in [0.5, 0.6) is 17.2 Å². The molecule has 2 saturated heterocycles. The van der Waals surface area contributed by atoms with E-state index in [9.17, 15) is 18.3 Å². The van der Waals surface area contributed by atoms with Crippen molar-refractivity contribution in [1.82, 2.24) is 9.62 Å². The molecule has 2 heterocycles. The molecule has 0 radical (unpaired) electrons. The maximum absolute atomic E-state index is 13.9. The number of carbonyl (C=O) groups is 1. The Labute approximate surface area is 288 Å². The van der Waals surface area contributed by atoms with Gasteiger partial charge >= 0.3 is 6.09 Å². The highest BCUT2D eigenvalue weighted by Crippen LogP contribution is 2.39. The number of methoxy groups -OCH3 is 3. The Hall–Kier alpha value is -3.88. The van der Waals surface area contributed by atoms with E-state index in [1.807, 2.05) is 56.3 Å². The number of nitrogens with one attached hydrogen (secondary N) is 1. The molecule has 0 aliphatic carbocycles. The maximum atomic E-state index is 13.9. The lowest BCUT2D eigenvalue weighted by Gasteiger charge is -2.31. The van der Waals surface area contributed by atoms with Crippen LogP contribution in [0, 0.1) is 11.8 Å². The summed E-state index contributed by atoms with van der Waals surface area (Å²) in [4.78, 5) is 13.4. The summed E-state index contributed by atoms with van der Waals surface area (Å²) in [7, 11) is 0.654. The molecule has 2 fully saturated rings. The number of aliphatic hydroxyl groups is 1. The maximum Gasteiger partial charge on any atom is 0.407 e. The Kier molecular flexibility index (Phi) is 12.0. The Bertz CT molecular complexity index is 1640. The van der Waals surface area contributed by atoms with Crippen molar-refractivity contribution >= 4 is 16.1 Å². The summed E-state index contributed by atoms with van der Waals surface area (Å²) in [6, 6.07) is 18.3. The first-order chi connectivity index (χ1) is 23.5. The predicted molar refractivity (Wildman–Crippen MR) is 182 cm³/mol. The van der Waals surface area contributed by atoms with Gasteiger partial charge in [0.2, 0.25) is 10.0 Å². The normalized spacial score (nSPS) is 20.1. The molecule has 3 aromatic rings. The van der Waals surface area contributed by atoms with Crippen LogP contribution in [0.15, 0.2) is 71.6 Å². The van der Waals surface area contributed by atoms with E-state index < -0.39 is 40.7 Å². The summed E-state index contributed by atoms with van der Waals surface area (Å²) >= 11 is 0. The van der Waals surface area contributed by atoms with Crippen molar-refractivity contribution in [1.29, 1.82) is 0 Å². The molecule has 12 nitrogen and oxygen atoms in total. The minimum atomic E-state index is -4.02. The highest BCUT2D eigenvalue weighted by atomic mass is 32.2. The van der Waals surface area contributed by atoms with Crippen LogP contribution in [-0.2, 0) is 30.7 Å². The molecular formula is C36H46N2O10S. The van der Waals surface area contributed by atoms with Crippen molar-refractivity contribution in [2.24, 2.45) is 11.8 Å². The predicted octanol–water partition coefficient (Wildman–Crippen LogP) is 4.49. The van der Waals surface area contributed by atoms with E-state index in [1.165, 1.54) is 23.5 Å². The van der Waals surface area contributed by atoms with E-state index in [-0.39, 0.29) is 42.8 Å². The number of aliphatic hydroxyl groups excluding tert-OH is 1. The van der Waals surface area contributed by atoms with Crippen LogP contribution >= 0.6 is 0 Å². The van der Waals surface area contributed by atoms with Crippen molar-refractivity contribution in [2.75, 3.05) is 47.6 Å².